The number of rotatable bonds is 2. The van der Waals surface area contributed by atoms with Gasteiger partial charge in [0.05, 0.1) is 12.7 Å². The van der Waals surface area contributed by atoms with Gasteiger partial charge in [-0.2, -0.15) is 0 Å². The van der Waals surface area contributed by atoms with E-state index in [1.807, 2.05) is 48.0 Å². The van der Waals surface area contributed by atoms with Gasteiger partial charge in [-0.1, -0.05) is 24.3 Å². The van der Waals surface area contributed by atoms with Gasteiger partial charge in [0, 0.05) is 24.0 Å². The first-order chi connectivity index (χ1) is 9.70. The zero-order valence-corrected chi connectivity index (χ0v) is 11.3. The molecular weight excluding hydrogens is 252 g/mol. The molecule has 20 heavy (non-hydrogen) atoms. The highest BCUT2D eigenvalue weighted by Crippen LogP contribution is 2.22. The number of esters is 1. The van der Waals surface area contributed by atoms with Crippen LogP contribution in [-0.2, 0) is 4.74 Å². The van der Waals surface area contributed by atoms with Crippen molar-refractivity contribution in [3.63, 3.8) is 0 Å². The summed E-state index contributed by atoms with van der Waals surface area (Å²) in [7, 11) is 1.38. The summed E-state index contributed by atoms with van der Waals surface area (Å²) in [6, 6.07) is 10.00. The fraction of sp³-hybridized carbons (Fsp3) is 0.125. The van der Waals surface area contributed by atoms with E-state index in [1.54, 1.807) is 12.4 Å². The zero-order valence-electron chi connectivity index (χ0n) is 11.3. The fourth-order valence-corrected chi connectivity index (χ4v) is 2.31. The molecule has 0 fully saturated rings. The molecule has 0 atom stereocenters. The Balaban J connectivity index is 2.19. The molecule has 0 unspecified atom stereocenters. The van der Waals surface area contributed by atoms with Crippen LogP contribution in [0.3, 0.4) is 0 Å². The van der Waals surface area contributed by atoms with Gasteiger partial charge in [-0.3, -0.25) is 0 Å². The lowest BCUT2D eigenvalue weighted by Crippen LogP contribution is -2.01. The van der Waals surface area contributed by atoms with Crippen LogP contribution >= 0.6 is 0 Å². The Morgan fingerprint density at radius 1 is 1.20 bits per heavy atom. The van der Waals surface area contributed by atoms with Crippen molar-refractivity contribution in [3.05, 3.63) is 60.0 Å². The van der Waals surface area contributed by atoms with Crippen molar-refractivity contribution in [1.82, 2.24) is 9.55 Å². The van der Waals surface area contributed by atoms with Gasteiger partial charge in [-0.05, 0) is 23.9 Å². The Kier molecular flexibility index (Phi) is 2.99. The van der Waals surface area contributed by atoms with E-state index < -0.39 is 0 Å². The number of aryl methyl sites for hydroxylation is 1. The number of benzene rings is 1. The van der Waals surface area contributed by atoms with Crippen molar-refractivity contribution in [2.75, 3.05) is 7.11 Å². The van der Waals surface area contributed by atoms with E-state index in [9.17, 15) is 4.79 Å². The second-order valence-corrected chi connectivity index (χ2v) is 4.61. The predicted octanol–water partition coefficient (Wildman–Crippen LogP) is 3.12. The molecule has 4 nitrogen and oxygen atoms in total. The Labute approximate surface area is 116 Å². The number of aromatic nitrogens is 2. The number of hydrogen-bond acceptors (Lipinski definition) is 3. The van der Waals surface area contributed by atoms with Crippen molar-refractivity contribution in [1.29, 1.82) is 0 Å². The first kappa shape index (κ1) is 12.4. The number of methoxy groups -OCH3 is 1. The lowest BCUT2D eigenvalue weighted by molar-refractivity contribution is 0.0600. The summed E-state index contributed by atoms with van der Waals surface area (Å²) in [5, 5.41) is 2.16. The topological polar surface area (TPSA) is 44.1 Å². The summed E-state index contributed by atoms with van der Waals surface area (Å²) < 4.78 is 6.65. The molecule has 0 spiro atoms. The average Bonchev–Trinajstić information content (AvgIpc) is 2.87. The first-order valence-electron chi connectivity index (χ1n) is 6.32. The Morgan fingerprint density at radius 2 is 2.00 bits per heavy atom. The van der Waals surface area contributed by atoms with Crippen LogP contribution in [0.15, 0.2) is 48.9 Å². The molecule has 100 valence electrons. The van der Waals surface area contributed by atoms with Crippen LogP contribution < -0.4 is 0 Å². The summed E-state index contributed by atoms with van der Waals surface area (Å²) in [5.41, 5.74) is 1.42. The summed E-state index contributed by atoms with van der Waals surface area (Å²) in [6.45, 7) is 1.88. The van der Waals surface area contributed by atoms with E-state index in [1.165, 1.54) is 7.11 Å². The van der Waals surface area contributed by atoms with Crippen molar-refractivity contribution >= 4 is 16.7 Å². The normalized spacial score (nSPS) is 10.7. The van der Waals surface area contributed by atoms with Gasteiger partial charge in [-0.15, -0.1) is 0 Å². The van der Waals surface area contributed by atoms with Crippen LogP contribution in [0.1, 0.15) is 15.9 Å². The Bertz CT molecular complexity index is 785. The molecular formula is C16H14N2O2. The third-order valence-electron chi connectivity index (χ3n) is 3.33. The molecule has 0 saturated heterocycles. The SMILES string of the molecule is COC(=O)c1cn(-c2nccc3ccccc23)cc1C. The predicted molar refractivity (Wildman–Crippen MR) is 77.1 cm³/mol. The van der Waals surface area contributed by atoms with Crippen LogP contribution in [0.2, 0.25) is 0 Å². The number of ether oxygens (including phenoxy) is 1. The van der Waals surface area contributed by atoms with Crippen LogP contribution in [0.25, 0.3) is 16.6 Å². The van der Waals surface area contributed by atoms with Crippen molar-refractivity contribution in [2.45, 2.75) is 6.92 Å². The van der Waals surface area contributed by atoms with Crippen molar-refractivity contribution < 1.29 is 9.53 Å². The molecule has 0 amide bonds. The molecule has 2 heterocycles. The number of hydrogen-bond donors (Lipinski definition) is 0. The zero-order chi connectivity index (χ0) is 14.1. The molecule has 0 radical (unpaired) electrons. The second-order valence-electron chi connectivity index (χ2n) is 4.61. The molecule has 4 heteroatoms. The molecule has 0 aliphatic heterocycles. The second kappa shape index (κ2) is 4.81. The van der Waals surface area contributed by atoms with Gasteiger partial charge in [-0.25, -0.2) is 9.78 Å². The molecule has 2 aromatic heterocycles. The summed E-state index contributed by atoms with van der Waals surface area (Å²) in [6.07, 6.45) is 5.42. The van der Waals surface area contributed by atoms with E-state index in [0.717, 1.165) is 22.2 Å². The van der Waals surface area contributed by atoms with Gasteiger partial charge >= 0.3 is 5.97 Å². The molecule has 0 aliphatic rings. The quantitative estimate of drug-likeness (QED) is 0.669. The fourth-order valence-electron chi connectivity index (χ4n) is 2.31. The van der Waals surface area contributed by atoms with Crippen molar-refractivity contribution in [2.24, 2.45) is 0 Å². The number of nitrogens with zero attached hydrogens (tertiary/aromatic N) is 2. The van der Waals surface area contributed by atoms with E-state index >= 15 is 0 Å². The van der Waals surface area contributed by atoms with Crippen LogP contribution in [0.5, 0.6) is 0 Å². The number of carbonyl (C=O) groups excluding carboxylic acids is 1. The summed E-state index contributed by atoms with van der Waals surface area (Å²) >= 11 is 0. The standard InChI is InChI=1S/C16H14N2O2/c1-11-9-18(10-14(11)16(19)20-2)15-13-6-4-3-5-12(13)7-8-17-15/h3-10H,1-2H3. The van der Waals surface area contributed by atoms with Gasteiger partial charge in [0.15, 0.2) is 0 Å². The smallest absolute Gasteiger partial charge is 0.339 e. The van der Waals surface area contributed by atoms with Crippen LogP contribution in [0, 0.1) is 6.92 Å². The molecule has 1 aromatic carbocycles. The minimum Gasteiger partial charge on any atom is -0.465 e. The molecule has 3 aromatic rings. The van der Waals surface area contributed by atoms with E-state index in [-0.39, 0.29) is 5.97 Å². The van der Waals surface area contributed by atoms with E-state index in [4.69, 9.17) is 4.74 Å². The third kappa shape index (κ3) is 1.95. The van der Waals surface area contributed by atoms with Gasteiger partial charge < -0.3 is 9.30 Å². The lowest BCUT2D eigenvalue weighted by atomic mass is 10.1. The Hall–Kier alpha value is -2.62. The number of carbonyl (C=O) groups is 1. The summed E-state index contributed by atoms with van der Waals surface area (Å²) in [4.78, 5) is 16.1. The molecule has 0 saturated carbocycles. The molecule has 0 aliphatic carbocycles. The number of pyridine rings is 1. The largest absolute Gasteiger partial charge is 0.465 e. The van der Waals surface area contributed by atoms with Crippen LogP contribution in [-0.4, -0.2) is 22.6 Å². The maximum atomic E-state index is 11.7. The van der Waals surface area contributed by atoms with E-state index in [2.05, 4.69) is 4.98 Å². The van der Waals surface area contributed by atoms with Gasteiger partial charge in [0.2, 0.25) is 0 Å². The average molecular weight is 266 g/mol. The monoisotopic (exact) mass is 266 g/mol. The third-order valence-corrected chi connectivity index (χ3v) is 3.33. The Morgan fingerprint density at radius 3 is 2.80 bits per heavy atom. The molecule has 0 bridgehead atoms. The first-order valence-corrected chi connectivity index (χ1v) is 6.32. The highest BCUT2D eigenvalue weighted by Gasteiger charge is 2.14. The van der Waals surface area contributed by atoms with Crippen molar-refractivity contribution in [3.8, 4) is 5.82 Å². The minimum atomic E-state index is -0.332. The maximum Gasteiger partial charge on any atom is 0.339 e. The van der Waals surface area contributed by atoms with Gasteiger partial charge in [0.25, 0.3) is 0 Å². The highest BCUT2D eigenvalue weighted by molar-refractivity contribution is 5.92. The van der Waals surface area contributed by atoms with Crippen LogP contribution in [0.4, 0.5) is 0 Å². The molecule has 0 N–H and O–H groups in total. The number of fused-ring (bicyclic) bond motifs is 1. The maximum absolute atomic E-state index is 11.7. The highest BCUT2D eigenvalue weighted by atomic mass is 16.5. The van der Waals surface area contributed by atoms with Gasteiger partial charge in [0.1, 0.15) is 5.82 Å². The summed E-state index contributed by atoms with van der Waals surface area (Å²) in [5.74, 6) is 0.475. The minimum absolute atomic E-state index is 0.332. The van der Waals surface area contributed by atoms with E-state index in [0.29, 0.717) is 5.56 Å². The lowest BCUT2D eigenvalue weighted by Gasteiger charge is -2.06. The molecule has 3 rings (SSSR count).